The number of ether oxygens (including phenoxy) is 2. The van der Waals surface area contributed by atoms with Gasteiger partial charge in [-0.05, 0) is 68.0 Å². The summed E-state index contributed by atoms with van der Waals surface area (Å²) in [5.41, 5.74) is 4.55. The molecule has 0 saturated carbocycles. The molecule has 2 aromatic heterocycles. The predicted molar refractivity (Wildman–Crippen MR) is 149 cm³/mol. The molecule has 0 spiro atoms. The minimum absolute atomic E-state index is 0.0768. The molecule has 192 valence electrons. The summed E-state index contributed by atoms with van der Waals surface area (Å²) in [6.07, 6.45) is 5.25. The number of aryl methyl sites for hydroxylation is 1. The van der Waals surface area contributed by atoms with Crippen molar-refractivity contribution in [2.75, 3.05) is 19.0 Å². The lowest BCUT2D eigenvalue weighted by Crippen LogP contribution is -2.16. The summed E-state index contributed by atoms with van der Waals surface area (Å²) in [6, 6.07) is 17.4. The third kappa shape index (κ3) is 4.81. The van der Waals surface area contributed by atoms with Crippen LogP contribution in [0.15, 0.2) is 54.1 Å². The molecular formula is C30H27N3O4S. The van der Waals surface area contributed by atoms with E-state index >= 15 is 0 Å². The Labute approximate surface area is 224 Å². The third-order valence-electron chi connectivity index (χ3n) is 6.64. The number of methoxy groups -OCH3 is 1. The number of hydrogen-bond acceptors (Lipinski definition) is 6. The lowest BCUT2D eigenvalue weighted by Gasteiger charge is -2.12. The zero-order valence-corrected chi connectivity index (χ0v) is 22.0. The number of benzene rings is 2. The maximum atomic E-state index is 13.4. The SMILES string of the molecule is CCOC(=O)c1c(NC(=O)/C(C#N)=C/c2c(-c3ccccc3)[nH]c3ccc(OC)cc23)sc2c1CCCC2. The number of rotatable bonds is 7. The van der Waals surface area contributed by atoms with E-state index in [1.807, 2.05) is 48.5 Å². The number of aromatic nitrogens is 1. The summed E-state index contributed by atoms with van der Waals surface area (Å²) in [4.78, 5) is 30.8. The number of thiophene rings is 1. The fourth-order valence-corrected chi connectivity index (χ4v) is 6.11. The van der Waals surface area contributed by atoms with Crippen LogP contribution in [0.2, 0.25) is 0 Å². The van der Waals surface area contributed by atoms with Crippen LogP contribution in [0.5, 0.6) is 5.75 Å². The molecule has 2 aromatic carbocycles. The molecule has 0 atom stereocenters. The Balaban J connectivity index is 1.58. The van der Waals surface area contributed by atoms with Crippen molar-refractivity contribution in [1.29, 1.82) is 5.26 Å². The first kappa shape index (κ1) is 25.3. The van der Waals surface area contributed by atoms with Crippen molar-refractivity contribution in [2.24, 2.45) is 0 Å². The zero-order chi connectivity index (χ0) is 26.6. The standard InChI is InChI=1S/C30H27N3O4S/c1-3-37-30(35)26-21-11-7-8-12-25(21)38-29(26)33-28(34)19(17-31)15-23-22-16-20(36-2)13-14-24(22)32-27(23)18-9-5-4-6-10-18/h4-6,9-10,13-16,32H,3,7-8,11-12H2,1-2H3,(H,33,34)/b19-15+. The molecule has 0 bridgehead atoms. The number of nitrogens with one attached hydrogen (secondary N) is 2. The van der Waals surface area contributed by atoms with E-state index in [1.54, 1.807) is 20.1 Å². The second kappa shape index (κ2) is 11.0. The van der Waals surface area contributed by atoms with Crippen molar-refractivity contribution in [1.82, 2.24) is 4.98 Å². The average molecular weight is 526 g/mol. The van der Waals surface area contributed by atoms with E-state index in [0.717, 1.165) is 58.3 Å². The molecule has 0 radical (unpaired) electrons. The lowest BCUT2D eigenvalue weighted by molar-refractivity contribution is -0.112. The van der Waals surface area contributed by atoms with Crippen molar-refractivity contribution >= 4 is 45.2 Å². The van der Waals surface area contributed by atoms with Crippen LogP contribution in [0.3, 0.4) is 0 Å². The minimum atomic E-state index is -0.576. The Hall–Kier alpha value is -4.35. The highest BCUT2D eigenvalue weighted by Gasteiger charge is 2.28. The Morgan fingerprint density at radius 2 is 1.95 bits per heavy atom. The van der Waals surface area contributed by atoms with Crippen LogP contribution in [0, 0.1) is 11.3 Å². The first-order chi connectivity index (χ1) is 18.5. The number of amides is 1. The molecule has 0 unspecified atom stereocenters. The van der Waals surface area contributed by atoms with E-state index in [4.69, 9.17) is 9.47 Å². The highest BCUT2D eigenvalue weighted by molar-refractivity contribution is 7.17. The lowest BCUT2D eigenvalue weighted by atomic mass is 9.95. The van der Waals surface area contributed by atoms with Crippen LogP contribution in [0.4, 0.5) is 5.00 Å². The molecule has 2 N–H and O–H groups in total. The van der Waals surface area contributed by atoms with E-state index in [2.05, 4.69) is 16.4 Å². The van der Waals surface area contributed by atoms with Gasteiger partial charge in [0.1, 0.15) is 22.4 Å². The molecular weight excluding hydrogens is 498 g/mol. The van der Waals surface area contributed by atoms with Crippen LogP contribution >= 0.6 is 11.3 Å². The minimum Gasteiger partial charge on any atom is -0.497 e. The number of hydrogen-bond donors (Lipinski definition) is 2. The molecule has 4 aromatic rings. The van der Waals surface area contributed by atoms with Crippen molar-refractivity contribution in [3.05, 3.63) is 75.7 Å². The topological polar surface area (TPSA) is 104 Å². The summed E-state index contributed by atoms with van der Waals surface area (Å²) >= 11 is 1.40. The number of nitriles is 1. The number of carbonyl (C=O) groups is 2. The fourth-order valence-electron chi connectivity index (χ4n) is 4.84. The predicted octanol–water partition coefficient (Wildman–Crippen LogP) is 6.51. The second-order valence-corrected chi connectivity index (χ2v) is 10.1. The first-order valence-corrected chi connectivity index (χ1v) is 13.4. The average Bonchev–Trinajstić information content (AvgIpc) is 3.49. The number of fused-ring (bicyclic) bond motifs is 2. The van der Waals surface area contributed by atoms with Gasteiger partial charge in [-0.3, -0.25) is 4.79 Å². The van der Waals surface area contributed by atoms with E-state index in [0.29, 0.717) is 21.9 Å². The summed E-state index contributed by atoms with van der Waals surface area (Å²) < 4.78 is 10.7. The van der Waals surface area contributed by atoms with Crippen LogP contribution < -0.4 is 10.1 Å². The van der Waals surface area contributed by atoms with Crippen LogP contribution in [0.25, 0.3) is 28.2 Å². The fraction of sp³-hybridized carbons (Fsp3) is 0.233. The van der Waals surface area contributed by atoms with Crippen LogP contribution in [-0.2, 0) is 22.4 Å². The van der Waals surface area contributed by atoms with Crippen molar-refractivity contribution in [3.8, 4) is 23.1 Å². The van der Waals surface area contributed by atoms with Gasteiger partial charge in [0.15, 0.2) is 0 Å². The Morgan fingerprint density at radius 3 is 2.68 bits per heavy atom. The molecule has 5 rings (SSSR count). The number of anilines is 1. The van der Waals surface area contributed by atoms with Gasteiger partial charge in [0.05, 0.1) is 25.0 Å². The van der Waals surface area contributed by atoms with Crippen LogP contribution in [-0.4, -0.2) is 30.6 Å². The summed E-state index contributed by atoms with van der Waals surface area (Å²) in [6.45, 7) is 2.00. The Bertz CT molecular complexity index is 1590. The monoisotopic (exact) mass is 525 g/mol. The molecule has 0 fully saturated rings. The van der Waals surface area contributed by atoms with E-state index in [9.17, 15) is 14.9 Å². The Morgan fingerprint density at radius 1 is 1.16 bits per heavy atom. The van der Waals surface area contributed by atoms with E-state index in [-0.39, 0.29) is 12.2 Å². The maximum absolute atomic E-state index is 13.4. The van der Waals surface area contributed by atoms with E-state index < -0.39 is 11.9 Å². The quantitative estimate of drug-likeness (QED) is 0.163. The number of aromatic amines is 1. The largest absolute Gasteiger partial charge is 0.497 e. The van der Waals surface area contributed by atoms with Crippen molar-refractivity contribution in [2.45, 2.75) is 32.6 Å². The molecule has 0 saturated heterocycles. The molecule has 8 heteroatoms. The molecule has 38 heavy (non-hydrogen) atoms. The third-order valence-corrected chi connectivity index (χ3v) is 7.85. The van der Waals surface area contributed by atoms with E-state index in [1.165, 1.54) is 11.3 Å². The summed E-state index contributed by atoms with van der Waals surface area (Å²) in [5, 5.41) is 14.1. The zero-order valence-electron chi connectivity index (χ0n) is 21.2. The number of carbonyl (C=O) groups excluding carboxylic acids is 2. The van der Waals surface area contributed by atoms with Gasteiger partial charge in [0, 0.05) is 21.3 Å². The van der Waals surface area contributed by atoms with Gasteiger partial charge in [0.2, 0.25) is 0 Å². The molecule has 1 aliphatic carbocycles. The number of H-pyrrole nitrogens is 1. The molecule has 1 amide bonds. The van der Waals surface area contributed by atoms with Gasteiger partial charge < -0.3 is 19.8 Å². The van der Waals surface area contributed by atoms with Gasteiger partial charge in [0.25, 0.3) is 5.91 Å². The van der Waals surface area contributed by atoms with Crippen molar-refractivity contribution in [3.63, 3.8) is 0 Å². The normalized spacial score (nSPS) is 13.0. The Kier molecular flexibility index (Phi) is 7.29. The van der Waals surface area contributed by atoms with Gasteiger partial charge in [-0.1, -0.05) is 30.3 Å². The number of nitrogens with zero attached hydrogens (tertiary/aromatic N) is 1. The van der Waals surface area contributed by atoms with Crippen molar-refractivity contribution < 1.29 is 19.1 Å². The van der Waals surface area contributed by atoms with Gasteiger partial charge >= 0.3 is 5.97 Å². The molecule has 7 nitrogen and oxygen atoms in total. The first-order valence-electron chi connectivity index (χ1n) is 12.5. The smallest absolute Gasteiger partial charge is 0.341 e. The number of esters is 1. The van der Waals surface area contributed by atoms with Gasteiger partial charge in [-0.15, -0.1) is 11.3 Å². The second-order valence-electron chi connectivity index (χ2n) is 8.95. The highest BCUT2D eigenvalue weighted by atomic mass is 32.1. The maximum Gasteiger partial charge on any atom is 0.341 e. The molecule has 1 aliphatic rings. The summed E-state index contributed by atoms with van der Waals surface area (Å²) in [7, 11) is 1.59. The molecule has 0 aliphatic heterocycles. The van der Waals surface area contributed by atoms with Gasteiger partial charge in [-0.2, -0.15) is 5.26 Å². The van der Waals surface area contributed by atoms with Gasteiger partial charge in [-0.25, -0.2) is 4.79 Å². The van der Waals surface area contributed by atoms with Crippen LogP contribution in [0.1, 0.15) is 46.1 Å². The summed E-state index contributed by atoms with van der Waals surface area (Å²) in [5.74, 6) is -0.357. The molecule has 2 heterocycles. The highest BCUT2D eigenvalue weighted by Crippen LogP contribution is 2.39.